The summed E-state index contributed by atoms with van der Waals surface area (Å²) >= 11 is 3.96. The Bertz CT molecular complexity index is 674. The lowest BCUT2D eigenvalue weighted by atomic mass is 10.1. The summed E-state index contributed by atoms with van der Waals surface area (Å²) in [6.45, 7) is 11.8. The summed E-state index contributed by atoms with van der Waals surface area (Å²) in [5.74, 6) is 2.37. The zero-order valence-electron chi connectivity index (χ0n) is 19.4. The number of rotatable bonds is 6. The minimum absolute atomic E-state index is 0.0377. The van der Waals surface area contributed by atoms with Gasteiger partial charge in [-0.05, 0) is 76.9 Å². The molecule has 2 unspecified atom stereocenters. The third-order valence-corrected chi connectivity index (χ3v) is 8.10. The van der Waals surface area contributed by atoms with Gasteiger partial charge in [-0.3, -0.25) is 4.79 Å². The van der Waals surface area contributed by atoms with E-state index in [2.05, 4.69) is 18.3 Å². The molecule has 2 rings (SSSR count). The summed E-state index contributed by atoms with van der Waals surface area (Å²) in [5.41, 5.74) is 2.12. The topological polar surface area (TPSA) is 58.6 Å². The van der Waals surface area contributed by atoms with Crippen molar-refractivity contribution in [3.05, 3.63) is 21.5 Å². The molecule has 0 spiro atoms. The van der Waals surface area contributed by atoms with Crippen LogP contribution < -0.4 is 5.32 Å². The van der Waals surface area contributed by atoms with E-state index in [0.717, 1.165) is 31.3 Å². The van der Waals surface area contributed by atoms with E-state index < -0.39 is 5.60 Å². The highest BCUT2D eigenvalue weighted by molar-refractivity contribution is 8.22. The number of carbonyl (C=O) groups excluding carboxylic acids is 2. The van der Waals surface area contributed by atoms with Gasteiger partial charge in [-0.15, -0.1) is 23.5 Å². The standard InChI is InChI=1S/C23H38N2O3S2/c1-7-18(16(2)24-17(3)26)11-12-25(22(27)28-23(4,5)6)20-10-9-19(15-20)21-29-13-8-14-30-21/h11,16,20H,7-10,12-15H2,1-6H3,(H,24,26). The molecule has 7 heteroatoms. The van der Waals surface area contributed by atoms with Crippen molar-refractivity contribution in [3.8, 4) is 0 Å². The summed E-state index contributed by atoms with van der Waals surface area (Å²) in [6, 6.07) is 0.125. The van der Waals surface area contributed by atoms with Crippen molar-refractivity contribution in [2.24, 2.45) is 0 Å². The number of ether oxygens (including phenoxy) is 1. The van der Waals surface area contributed by atoms with Crippen molar-refractivity contribution in [2.75, 3.05) is 18.1 Å². The number of amides is 2. The van der Waals surface area contributed by atoms with E-state index in [9.17, 15) is 9.59 Å². The number of thioether (sulfide) groups is 2. The van der Waals surface area contributed by atoms with Crippen molar-refractivity contribution < 1.29 is 14.3 Å². The summed E-state index contributed by atoms with van der Waals surface area (Å²) in [5, 5.41) is 2.95. The summed E-state index contributed by atoms with van der Waals surface area (Å²) in [7, 11) is 0. The second-order valence-electron chi connectivity index (χ2n) is 9.03. The van der Waals surface area contributed by atoms with Crippen LogP contribution in [0.5, 0.6) is 0 Å². The van der Waals surface area contributed by atoms with Crippen LogP contribution in [0.2, 0.25) is 0 Å². The van der Waals surface area contributed by atoms with Crippen molar-refractivity contribution >= 4 is 35.5 Å². The molecule has 1 aliphatic carbocycles. The molecule has 2 fully saturated rings. The van der Waals surface area contributed by atoms with E-state index in [1.54, 1.807) is 0 Å². The van der Waals surface area contributed by atoms with Crippen molar-refractivity contribution in [1.29, 1.82) is 0 Å². The van der Waals surface area contributed by atoms with E-state index in [4.69, 9.17) is 4.74 Å². The van der Waals surface area contributed by atoms with Gasteiger partial charge in [0, 0.05) is 29.8 Å². The summed E-state index contributed by atoms with van der Waals surface area (Å²) in [6.07, 6.45) is 6.93. The fourth-order valence-electron chi connectivity index (χ4n) is 3.85. The molecule has 0 aromatic heterocycles. The summed E-state index contributed by atoms with van der Waals surface area (Å²) in [4.78, 5) is 26.4. The van der Waals surface area contributed by atoms with Crippen LogP contribution in [0.3, 0.4) is 0 Å². The molecule has 1 saturated carbocycles. The lowest BCUT2D eigenvalue weighted by Crippen LogP contribution is -2.43. The van der Waals surface area contributed by atoms with Gasteiger partial charge >= 0.3 is 6.09 Å². The van der Waals surface area contributed by atoms with Gasteiger partial charge in [0.2, 0.25) is 5.91 Å². The van der Waals surface area contributed by atoms with Gasteiger partial charge in [0.05, 0.1) is 0 Å². The van der Waals surface area contributed by atoms with Crippen molar-refractivity contribution in [1.82, 2.24) is 10.2 Å². The fourth-order valence-corrected chi connectivity index (χ4v) is 6.59. The van der Waals surface area contributed by atoms with Gasteiger partial charge in [0.15, 0.2) is 0 Å². The van der Waals surface area contributed by atoms with Crippen LogP contribution in [-0.4, -0.2) is 52.6 Å². The van der Waals surface area contributed by atoms with Gasteiger partial charge < -0.3 is 15.0 Å². The molecule has 1 saturated heterocycles. The predicted octanol–water partition coefficient (Wildman–Crippen LogP) is 5.72. The first-order valence-corrected chi connectivity index (χ1v) is 13.0. The van der Waals surface area contributed by atoms with Crippen LogP contribution in [-0.2, 0) is 9.53 Å². The lowest BCUT2D eigenvalue weighted by Gasteiger charge is -2.31. The highest BCUT2D eigenvalue weighted by Gasteiger charge is 2.33. The first kappa shape index (κ1) is 25.2. The molecule has 0 aromatic carbocycles. The highest BCUT2D eigenvalue weighted by Crippen LogP contribution is 2.43. The maximum atomic E-state index is 13.1. The third kappa shape index (κ3) is 7.88. The Balaban J connectivity index is 2.17. The number of hydrogen-bond donors (Lipinski definition) is 1. The van der Waals surface area contributed by atoms with Crippen molar-refractivity contribution in [3.63, 3.8) is 0 Å². The molecule has 0 bridgehead atoms. The third-order valence-electron chi connectivity index (χ3n) is 5.31. The second-order valence-corrected chi connectivity index (χ2v) is 11.5. The fraction of sp³-hybridized carbons (Fsp3) is 0.739. The zero-order chi connectivity index (χ0) is 22.3. The quantitative estimate of drug-likeness (QED) is 0.520. The molecule has 1 N–H and O–H groups in total. The van der Waals surface area contributed by atoms with Crippen molar-refractivity contribution in [2.45, 2.75) is 91.3 Å². The van der Waals surface area contributed by atoms with Crippen LogP contribution >= 0.6 is 23.5 Å². The van der Waals surface area contributed by atoms with Gasteiger partial charge in [0.1, 0.15) is 5.60 Å². The Hall–Kier alpha value is -1.08. The Kier molecular flexibility index (Phi) is 9.67. The molecule has 0 aromatic rings. The first-order chi connectivity index (χ1) is 14.1. The largest absolute Gasteiger partial charge is 0.444 e. The van der Waals surface area contributed by atoms with E-state index in [0.29, 0.717) is 6.54 Å². The molecule has 2 aliphatic rings. The van der Waals surface area contributed by atoms with Gasteiger partial charge in [-0.1, -0.05) is 18.6 Å². The first-order valence-electron chi connectivity index (χ1n) is 11.0. The second kappa shape index (κ2) is 11.5. The molecule has 0 radical (unpaired) electrons. The molecule has 2 amide bonds. The van der Waals surface area contributed by atoms with Gasteiger partial charge in [-0.2, -0.15) is 0 Å². The van der Waals surface area contributed by atoms with E-state index >= 15 is 0 Å². The maximum Gasteiger partial charge on any atom is 0.410 e. The molecule has 5 nitrogen and oxygen atoms in total. The molecule has 30 heavy (non-hydrogen) atoms. The smallest absolute Gasteiger partial charge is 0.410 e. The Morgan fingerprint density at radius 1 is 1.30 bits per heavy atom. The molecule has 1 heterocycles. The van der Waals surface area contributed by atoms with Gasteiger partial charge in [-0.25, -0.2) is 4.79 Å². The van der Waals surface area contributed by atoms with Crippen LogP contribution in [0.4, 0.5) is 4.79 Å². The Morgan fingerprint density at radius 2 is 1.97 bits per heavy atom. The minimum Gasteiger partial charge on any atom is -0.444 e. The van der Waals surface area contributed by atoms with E-state index in [1.165, 1.54) is 34.7 Å². The maximum absolute atomic E-state index is 13.1. The molecule has 1 aliphatic heterocycles. The predicted molar refractivity (Wildman–Crippen MR) is 129 cm³/mol. The Labute approximate surface area is 190 Å². The SMILES string of the molecule is CCC(=CCN(C(=O)OC(C)(C)C)C1CCC(=C2SCCCS2)C1)C(C)NC(C)=O. The lowest BCUT2D eigenvalue weighted by molar-refractivity contribution is -0.119. The van der Waals surface area contributed by atoms with Crippen LogP contribution in [0.1, 0.15) is 73.6 Å². The van der Waals surface area contributed by atoms with Crippen LogP contribution in [0, 0.1) is 0 Å². The molecule has 2 atom stereocenters. The molecule has 170 valence electrons. The Morgan fingerprint density at radius 3 is 2.53 bits per heavy atom. The number of carbonyl (C=O) groups is 2. The van der Waals surface area contributed by atoms with Gasteiger partial charge in [0.25, 0.3) is 0 Å². The highest BCUT2D eigenvalue weighted by atomic mass is 32.2. The monoisotopic (exact) mass is 454 g/mol. The number of nitrogens with one attached hydrogen (secondary N) is 1. The molecular formula is C23H38N2O3S2. The number of nitrogens with zero attached hydrogens (tertiary/aromatic N) is 1. The zero-order valence-corrected chi connectivity index (χ0v) is 21.0. The number of hydrogen-bond acceptors (Lipinski definition) is 5. The molecular weight excluding hydrogens is 416 g/mol. The van der Waals surface area contributed by atoms with Crippen LogP contribution in [0.25, 0.3) is 0 Å². The van der Waals surface area contributed by atoms with E-state index in [1.807, 2.05) is 56.1 Å². The average molecular weight is 455 g/mol. The van der Waals surface area contributed by atoms with E-state index in [-0.39, 0.29) is 24.1 Å². The minimum atomic E-state index is -0.523. The summed E-state index contributed by atoms with van der Waals surface area (Å²) < 4.78 is 7.23. The average Bonchev–Trinajstić information content (AvgIpc) is 3.13. The van der Waals surface area contributed by atoms with Crippen LogP contribution in [0.15, 0.2) is 21.5 Å². The normalized spacial score (nSPS) is 21.4.